The zero-order chi connectivity index (χ0) is 11.4. The van der Waals surface area contributed by atoms with Crippen molar-refractivity contribution in [3.8, 4) is 0 Å². The number of alkyl halides is 1. The summed E-state index contributed by atoms with van der Waals surface area (Å²) in [5.41, 5.74) is 1.79. The lowest BCUT2D eigenvalue weighted by atomic mass is 9.78. The Hall–Kier alpha value is -0.490. The van der Waals surface area contributed by atoms with E-state index in [2.05, 4.69) is 37.3 Å². The molecule has 1 saturated carbocycles. The zero-order valence-corrected chi connectivity index (χ0v) is 10.8. The Morgan fingerprint density at radius 2 is 1.81 bits per heavy atom. The summed E-state index contributed by atoms with van der Waals surface area (Å²) < 4.78 is 0. The van der Waals surface area contributed by atoms with E-state index in [0.717, 1.165) is 6.42 Å². The molecule has 0 saturated heterocycles. The van der Waals surface area contributed by atoms with E-state index in [-0.39, 0.29) is 0 Å². The molecule has 2 rings (SSSR count). The van der Waals surface area contributed by atoms with Crippen LogP contribution in [0.4, 0.5) is 0 Å². The topological polar surface area (TPSA) is 0 Å². The zero-order valence-electron chi connectivity index (χ0n) is 10.1. The van der Waals surface area contributed by atoms with Crippen molar-refractivity contribution in [2.24, 2.45) is 5.41 Å². The molecular formula is C15H21Cl. The Labute approximate surface area is 104 Å². The molecule has 1 fully saturated rings. The monoisotopic (exact) mass is 236 g/mol. The van der Waals surface area contributed by atoms with E-state index in [0.29, 0.717) is 10.8 Å². The van der Waals surface area contributed by atoms with Crippen molar-refractivity contribution in [2.75, 3.05) is 0 Å². The van der Waals surface area contributed by atoms with Crippen LogP contribution in [0.15, 0.2) is 30.3 Å². The van der Waals surface area contributed by atoms with E-state index < -0.39 is 0 Å². The van der Waals surface area contributed by atoms with Gasteiger partial charge in [0.1, 0.15) is 0 Å². The third-order valence-corrected chi connectivity index (χ3v) is 4.84. The average molecular weight is 237 g/mol. The Bertz CT molecular complexity index is 311. The van der Waals surface area contributed by atoms with E-state index in [4.69, 9.17) is 11.6 Å². The number of hydrogen-bond donors (Lipinski definition) is 0. The highest BCUT2D eigenvalue weighted by Gasteiger charge is 2.38. The molecule has 1 atom stereocenters. The Kier molecular flexibility index (Phi) is 3.91. The van der Waals surface area contributed by atoms with Gasteiger partial charge in [-0.1, -0.05) is 50.1 Å². The Morgan fingerprint density at radius 3 is 2.38 bits per heavy atom. The standard InChI is InChI=1S/C15H21Cl/c1-2-15(10-6-7-11-15)14(16)12-13-8-4-3-5-9-13/h3-5,8-9,14H,2,6-7,10-12H2,1H3. The minimum Gasteiger partial charge on any atom is -0.122 e. The van der Waals surface area contributed by atoms with Gasteiger partial charge in [0.15, 0.2) is 0 Å². The van der Waals surface area contributed by atoms with Gasteiger partial charge in [0.2, 0.25) is 0 Å². The van der Waals surface area contributed by atoms with Gasteiger partial charge in [-0.3, -0.25) is 0 Å². The van der Waals surface area contributed by atoms with Crippen LogP contribution in [0.25, 0.3) is 0 Å². The highest BCUT2D eigenvalue weighted by atomic mass is 35.5. The van der Waals surface area contributed by atoms with Crippen LogP contribution < -0.4 is 0 Å². The molecule has 0 nitrogen and oxygen atoms in total. The summed E-state index contributed by atoms with van der Waals surface area (Å²) in [5.74, 6) is 0. The van der Waals surface area contributed by atoms with Crippen molar-refractivity contribution in [3.63, 3.8) is 0 Å². The fraction of sp³-hybridized carbons (Fsp3) is 0.600. The van der Waals surface area contributed by atoms with E-state index in [9.17, 15) is 0 Å². The van der Waals surface area contributed by atoms with E-state index >= 15 is 0 Å². The summed E-state index contributed by atoms with van der Waals surface area (Å²) in [6, 6.07) is 10.7. The van der Waals surface area contributed by atoms with Crippen molar-refractivity contribution in [3.05, 3.63) is 35.9 Å². The number of hydrogen-bond acceptors (Lipinski definition) is 0. The van der Waals surface area contributed by atoms with Gasteiger partial charge in [0.05, 0.1) is 0 Å². The summed E-state index contributed by atoms with van der Waals surface area (Å²) in [4.78, 5) is 0. The van der Waals surface area contributed by atoms with Gasteiger partial charge in [-0.15, -0.1) is 11.6 Å². The maximum atomic E-state index is 6.68. The number of benzene rings is 1. The van der Waals surface area contributed by atoms with E-state index in [1.165, 1.54) is 37.7 Å². The van der Waals surface area contributed by atoms with Crippen LogP contribution in [0.3, 0.4) is 0 Å². The lowest BCUT2D eigenvalue weighted by molar-refractivity contribution is 0.267. The van der Waals surface area contributed by atoms with Gasteiger partial charge in [-0.25, -0.2) is 0 Å². The first-order valence-corrected chi connectivity index (χ1v) is 6.88. The van der Waals surface area contributed by atoms with Gasteiger partial charge in [0, 0.05) is 5.38 Å². The summed E-state index contributed by atoms with van der Waals surface area (Å²) in [6.45, 7) is 2.30. The lowest BCUT2D eigenvalue weighted by Gasteiger charge is -2.33. The van der Waals surface area contributed by atoms with Gasteiger partial charge in [0.25, 0.3) is 0 Å². The molecule has 0 bridgehead atoms. The summed E-state index contributed by atoms with van der Waals surface area (Å²) in [6.07, 6.45) is 7.64. The smallest absolute Gasteiger partial charge is 0.0432 e. The SMILES string of the molecule is CCC1(C(Cl)Cc2ccccc2)CCCC1. The van der Waals surface area contributed by atoms with Gasteiger partial charge in [-0.05, 0) is 36.7 Å². The second kappa shape index (κ2) is 5.23. The van der Waals surface area contributed by atoms with E-state index in [1.807, 2.05) is 0 Å². The number of halogens is 1. The molecule has 0 amide bonds. The fourth-order valence-corrected chi connectivity index (χ4v) is 3.56. The van der Waals surface area contributed by atoms with Gasteiger partial charge in [-0.2, -0.15) is 0 Å². The first-order valence-electron chi connectivity index (χ1n) is 6.45. The second-order valence-corrected chi connectivity index (χ2v) is 5.61. The average Bonchev–Trinajstić information content (AvgIpc) is 2.80. The largest absolute Gasteiger partial charge is 0.122 e. The third-order valence-electron chi connectivity index (χ3n) is 4.23. The molecule has 0 N–H and O–H groups in total. The quantitative estimate of drug-likeness (QED) is 0.659. The molecule has 0 heterocycles. The van der Waals surface area contributed by atoms with E-state index in [1.54, 1.807) is 0 Å². The first-order chi connectivity index (χ1) is 7.77. The van der Waals surface area contributed by atoms with Gasteiger partial charge < -0.3 is 0 Å². The molecule has 0 aromatic heterocycles. The van der Waals surface area contributed by atoms with Crippen LogP contribution in [0, 0.1) is 5.41 Å². The molecule has 0 radical (unpaired) electrons. The summed E-state index contributed by atoms with van der Waals surface area (Å²) in [5, 5.41) is 0.308. The second-order valence-electron chi connectivity index (χ2n) is 5.08. The van der Waals surface area contributed by atoms with Crippen molar-refractivity contribution in [1.29, 1.82) is 0 Å². The lowest BCUT2D eigenvalue weighted by Crippen LogP contribution is -2.29. The normalized spacial score (nSPS) is 20.9. The third kappa shape index (κ3) is 2.43. The molecule has 1 aromatic rings. The molecule has 16 heavy (non-hydrogen) atoms. The molecule has 1 aliphatic carbocycles. The summed E-state index contributed by atoms with van der Waals surface area (Å²) in [7, 11) is 0. The van der Waals surface area contributed by atoms with Crippen LogP contribution in [0.2, 0.25) is 0 Å². The molecule has 0 spiro atoms. The summed E-state index contributed by atoms with van der Waals surface area (Å²) >= 11 is 6.68. The molecule has 1 aliphatic rings. The molecular weight excluding hydrogens is 216 g/mol. The predicted octanol–water partition coefficient (Wildman–Crippen LogP) is 4.81. The minimum absolute atomic E-state index is 0.308. The minimum atomic E-state index is 0.308. The molecule has 1 heteroatoms. The maximum absolute atomic E-state index is 6.68. The van der Waals surface area contributed by atoms with Crippen molar-refractivity contribution < 1.29 is 0 Å². The van der Waals surface area contributed by atoms with Crippen LogP contribution in [0.1, 0.15) is 44.6 Å². The molecule has 1 aromatic carbocycles. The maximum Gasteiger partial charge on any atom is 0.0432 e. The Morgan fingerprint density at radius 1 is 1.19 bits per heavy atom. The molecule has 0 aliphatic heterocycles. The molecule has 88 valence electrons. The number of rotatable bonds is 4. The fourth-order valence-electron chi connectivity index (χ4n) is 3.00. The highest BCUT2D eigenvalue weighted by molar-refractivity contribution is 6.21. The van der Waals surface area contributed by atoms with Crippen molar-refractivity contribution >= 4 is 11.6 Å². The van der Waals surface area contributed by atoms with Gasteiger partial charge >= 0.3 is 0 Å². The predicted molar refractivity (Wildman–Crippen MR) is 71.0 cm³/mol. The van der Waals surface area contributed by atoms with Crippen LogP contribution in [0.5, 0.6) is 0 Å². The van der Waals surface area contributed by atoms with Crippen LogP contribution in [-0.4, -0.2) is 5.38 Å². The Balaban J connectivity index is 2.04. The van der Waals surface area contributed by atoms with Crippen molar-refractivity contribution in [2.45, 2.75) is 50.8 Å². The van der Waals surface area contributed by atoms with Crippen molar-refractivity contribution in [1.82, 2.24) is 0 Å². The van der Waals surface area contributed by atoms with Crippen LogP contribution in [-0.2, 0) is 6.42 Å². The highest BCUT2D eigenvalue weighted by Crippen LogP contribution is 2.46. The molecule has 1 unspecified atom stereocenters. The van der Waals surface area contributed by atoms with Crippen LogP contribution >= 0.6 is 11.6 Å². The first kappa shape index (κ1) is 12.0.